The zero-order chi connectivity index (χ0) is 15.9. The van der Waals surface area contributed by atoms with Gasteiger partial charge in [0.1, 0.15) is 0 Å². The number of likely N-dealkylation sites (tertiary alicyclic amines) is 1. The molecular weight excluding hydrogens is 346 g/mol. The average Bonchev–Trinajstić information content (AvgIpc) is 2.53. The number of nitrogens with zero attached hydrogens (tertiary/aromatic N) is 1. The van der Waals surface area contributed by atoms with Crippen molar-refractivity contribution in [3.8, 4) is 0 Å². The number of fused-ring (bicyclic) bond motifs is 1. The van der Waals surface area contributed by atoms with Gasteiger partial charge in [0.15, 0.2) is 5.78 Å². The number of amides is 1. The maximum Gasteiger partial charge on any atom is 0.219 e. The zero-order valence-corrected chi connectivity index (χ0v) is 13.9. The minimum absolute atomic E-state index is 0.0587. The molecule has 1 aromatic rings. The van der Waals surface area contributed by atoms with Crippen LogP contribution in [0.5, 0.6) is 0 Å². The number of carbonyl (C=O) groups is 3. The molecule has 2 aliphatic rings. The minimum atomic E-state index is -0.314. The first-order valence-electron chi connectivity index (χ1n) is 7.37. The number of ketones is 2. The third-order valence-corrected chi connectivity index (χ3v) is 5.12. The molecule has 22 heavy (non-hydrogen) atoms. The maximum absolute atomic E-state index is 12.9. The predicted octanol–water partition coefficient (Wildman–Crippen LogP) is 3.12. The molecule has 1 amide bonds. The lowest BCUT2D eigenvalue weighted by atomic mass is 9.83. The minimum Gasteiger partial charge on any atom is -0.336 e. The van der Waals surface area contributed by atoms with Gasteiger partial charge in [-0.05, 0) is 35.2 Å². The molecule has 1 saturated heterocycles. The fraction of sp³-hybridized carbons (Fsp3) is 0.353. The highest BCUT2D eigenvalue weighted by Gasteiger charge is 2.38. The number of carbonyl (C=O) groups excluding carboxylic acids is 3. The second kappa shape index (κ2) is 5.80. The van der Waals surface area contributed by atoms with Gasteiger partial charge in [-0.3, -0.25) is 14.4 Å². The standard InChI is InChI=1S/C17H16BrNO3/c1-10(20)19-9-5-4-8-13(19)14-15(18)17(22)12-7-3-2-6-11(12)16(14)21/h2-3,6-7,13H,4-5,8-9H2,1H3. The third kappa shape index (κ3) is 2.33. The van der Waals surface area contributed by atoms with E-state index in [-0.39, 0.29) is 23.5 Å². The number of hydrogen-bond acceptors (Lipinski definition) is 3. The smallest absolute Gasteiger partial charge is 0.219 e. The van der Waals surface area contributed by atoms with Crippen LogP contribution in [0.25, 0.3) is 0 Å². The molecule has 0 saturated carbocycles. The van der Waals surface area contributed by atoms with Crippen LogP contribution in [-0.4, -0.2) is 35.0 Å². The number of rotatable bonds is 1. The summed E-state index contributed by atoms with van der Waals surface area (Å²) in [5.41, 5.74) is 1.28. The molecule has 3 rings (SSSR count). The summed E-state index contributed by atoms with van der Waals surface area (Å²) in [6, 6.07) is 6.53. The summed E-state index contributed by atoms with van der Waals surface area (Å²) >= 11 is 3.31. The lowest BCUT2D eigenvalue weighted by Crippen LogP contribution is -2.46. The molecule has 1 aliphatic heterocycles. The van der Waals surface area contributed by atoms with Crippen LogP contribution in [-0.2, 0) is 4.79 Å². The van der Waals surface area contributed by atoms with E-state index in [4.69, 9.17) is 0 Å². The number of halogens is 1. The molecule has 0 radical (unpaired) electrons. The van der Waals surface area contributed by atoms with Crippen LogP contribution < -0.4 is 0 Å². The molecule has 1 atom stereocenters. The molecular formula is C17H16BrNO3. The Morgan fingerprint density at radius 1 is 1.14 bits per heavy atom. The third-order valence-electron chi connectivity index (χ3n) is 4.34. The Morgan fingerprint density at radius 2 is 1.77 bits per heavy atom. The number of benzene rings is 1. The SMILES string of the molecule is CC(=O)N1CCCCC1C1=C(Br)C(=O)c2ccccc2C1=O. The van der Waals surface area contributed by atoms with Crippen molar-refractivity contribution in [3.05, 3.63) is 45.4 Å². The summed E-state index contributed by atoms with van der Waals surface area (Å²) in [5.74, 6) is -0.392. The molecule has 4 nitrogen and oxygen atoms in total. The Morgan fingerprint density at radius 3 is 2.41 bits per heavy atom. The van der Waals surface area contributed by atoms with Gasteiger partial charge in [-0.15, -0.1) is 0 Å². The van der Waals surface area contributed by atoms with Crippen molar-refractivity contribution in [2.75, 3.05) is 6.54 Å². The first kappa shape index (κ1) is 15.2. The molecule has 1 heterocycles. The quantitative estimate of drug-likeness (QED) is 0.772. The molecule has 1 aliphatic carbocycles. The Hall–Kier alpha value is -1.75. The monoisotopic (exact) mass is 361 g/mol. The van der Waals surface area contributed by atoms with E-state index in [0.29, 0.717) is 34.1 Å². The molecule has 114 valence electrons. The van der Waals surface area contributed by atoms with Gasteiger partial charge in [-0.25, -0.2) is 0 Å². The molecule has 1 aromatic carbocycles. The second-order valence-corrected chi connectivity index (χ2v) is 6.45. The van der Waals surface area contributed by atoms with E-state index < -0.39 is 0 Å². The number of piperidine rings is 1. The summed E-state index contributed by atoms with van der Waals surface area (Å²) in [7, 11) is 0. The first-order valence-corrected chi connectivity index (χ1v) is 8.17. The van der Waals surface area contributed by atoms with Crippen molar-refractivity contribution in [1.82, 2.24) is 4.90 Å². The Bertz CT molecular complexity index is 708. The number of Topliss-reactive ketones (excluding diaryl/α,β-unsaturated/α-hetero) is 2. The second-order valence-electron chi connectivity index (χ2n) is 5.66. The number of hydrogen-bond donors (Lipinski definition) is 0. The van der Waals surface area contributed by atoms with E-state index in [0.717, 1.165) is 12.8 Å². The van der Waals surface area contributed by atoms with Crippen LogP contribution >= 0.6 is 15.9 Å². The predicted molar refractivity (Wildman–Crippen MR) is 86.1 cm³/mol. The molecule has 1 unspecified atom stereocenters. The molecule has 0 bridgehead atoms. The van der Waals surface area contributed by atoms with Gasteiger partial charge in [-0.2, -0.15) is 0 Å². The van der Waals surface area contributed by atoms with Gasteiger partial charge in [-0.1, -0.05) is 24.3 Å². The van der Waals surface area contributed by atoms with Gasteiger partial charge < -0.3 is 4.90 Å². The van der Waals surface area contributed by atoms with Crippen LogP contribution in [0.3, 0.4) is 0 Å². The molecule has 0 aromatic heterocycles. The normalized spacial score (nSPS) is 21.9. The summed E-state index contributed by atoms with van der Waals surface area (Å²) in [6.45, 7) is 2.14. The lowest BCUT2D eigenvalue weighted by Gasteiger charge is -2.37. The van der Waals surface area contributed by atoms with Gasteiger partial charge >= 0.3 is 0 Å². The van der Waals surface area contributed by atoms with Crippen molar-refractivity contribution in [2.45, 2.75) is 32.2 Å². The van der Waals surface area contributed by atoms with E-state index >= 15 is 0 Å². The van der Waals surface area contributed by atoms with E-state index in [1.54, 1.807) is 29.2 Å². The van der Waals surface area contributed by atoms with Crippen LogP contribution in [0, 0.1) is 0 Å². The van der Waals surface area contributed by atoms with E-state index in [1.165, 1.54) is 6.92 Å². The van der Waals surface area contributed by atoms with Crippen molar-refractivity contribution >= 4 is 33.4 Å². The van der Waals surface area contributed by atoms with Crippen molar-refractivity contribution in [1.29, 1.82) is 0 Å². The van der Waals surface area contributed by atoms with Crippen molar-refractivity contribution in [2.24, 2.45) is 0 Å². The largest absolute Gasteiger partial charge is 0.336 e. The fourth-order valence-corrected chi connectivity index (χ4v) is 3.93. The summed E-state index contributed by atoms with van der Waals surface area (Å²) in [5, 5.41) is 0. The fourth-order valence-electron chi connectivity index (χ4n) is 3.27. The highest BCUT2D eigenvalue weighted by atomic mass is 79.9. The average molecular weight is 362 g/mol. The summed E-state index contributed by atoms with van der Waals surface area (Å²) in [4.78, 5) is 39.0. The van der Waals surface area contributed by atoms with Crippen LogP contribution in [0.1, 0.15) is 46.9 Å². The lowest BCUT2D eigenvalue weighted by molar-refractivity contribution is -0.131. The highest BCUT2D eigenvalue weighted by molar-refractivity contribution is 9.12. The topological polar surface area (TPSA) is 54.5 Å². The number of allylic oxidation sites excluding steroid dienone is 1. The van der Waals surface area contributed by atoms with Crippen LogP contribution in [0.2, 0.25) is 0 Å². The Balaban J connectivity index is 2.10. The van der Waals surface area contributed by atoms with E-state index in [9.17, 15) is 14.4 Å². The Labute approximate surface area is 137 Å². The van der Waals surface area contributed by atoms with Crippen LogP contribution in [0.15, 0.2) is 34.3 Å². The molecule has 0 N–H and O–H groups in total. The van der Waals surface area contributed by atoms with Crippen molar-refractivity contribution in [3.63, 3.8) is 0 Å². The van der Waals surface area contributed by atoms with E-state index in [2.05, 4.69) is 15.9 Å². The van der Waals surface area contributed by atoms with Gasteiger partial charge in [0.05, 0.1) is 10.5 Å². The summed E-state index contributed by atoms with van der Waals surface area (Å²) < 4.78 is 0.300. The Kier molecular flexibility index (Phi) is 4.00. The van der Waals surface area contributed by atoms with E-state index in [1.807, 2.05) is 0 Å². The van der Waals surface area contributed by atoms with Crippen LogP contribution in [0.4, 0.5) is 0 Å². The maximum atomic E-state index is 12.9. The zero-order valence-electron chi connectivity index (χ0n) is 12.3. The summed E-state index contributed by atoms with van der Waals surface area (Å²) in [6.07, 6.45) is 2.59. The molecule has 1 fully saturated rings. The van der Waals surface area contributed by atoms with Gasteiger partial charge in [0.2, 0.25) is 11.7 Å². The first-order chi connectivity index (χ1) is 10.5. The molecule has 0 spiro atoms. The van der Waals surface area contributed by atoms with Gasteiger partial charge in [0, 0.05) is 30.2 Å². The van der Waals surface area contributed by atoms with Crippen molar-refractivity contribution < 1.29 is 14.4 Å². The molecule has 5 heteroatoms. The van der Waals surface area contributed by atoms with Gasteiger partial charge in [0.25, 0.3) is 0 Å². The highest BCUT2D eigenvalue weighted by Crippen LogP contribution is 2.35.